The number of hydrogen-bond donors (Lipinski definition) is 3. The Balaban J connectivity index is 3.44. The van der Waals surface area contributed by atoms with Crippen LogP contribution in [-0.2, 0) is 14.3 Å². The van der Waals surface area contributed by atoms with Crippen LogP contribution in [0.4, 0.5) is 0 Å². The van der Waals surface area contributed by atoms with E-state index in [4.69, 9.17) is 4.74 Å². The molecule has 0 aliphatic heterocycles. The number of esters is 1. The van der Waals surface area contributed by atoms with Gasteiger partial charge in [-0.1, -0.05) is 244 Å². The predicted octanol–water partition coefficient (Wildman–Crippen LogP) is 16.7. The van der Waals surface area contributed by atoms with Crippen molar-refractivity contribution in [3.63, 3.8) is 0 Å². The molecule has 0 aliphatic rings. The first-order valence-electron chi connectivity index (χ1n) is 27.6. The van der Waals surface area contributed by atoms with Gasteiger partial charge in [-0.05, 0) is 64.2 Å². The maximum atomic E-state index is 12.4. The van der Waals surface area contributed by atoms with E-state index in [1.807, 2.05) is 0 Å². The van der Waals surface area contributed by atoms with Gasteiger partial charge in [0.05, 0.1) is 25.4 Å². The van der Waals surface area contributed by atoms with Gasteiger partial charge in [0.2, 0.25) is 5.91 Å². The Kier molecular flexibility index (Phi) is 50.6. The molecule has 366 valence electrons. The van der Waals surface area contributed by atoms with E-state index < -0.39 is 12.1 Å². The van der Waals surface area contributed by atoms with Gasteiger partial charge in [-0.25, -0.2) is 0 Å². The van der Waals surface area contributed by atoms with Crippen LogP contribution in [0.5, 0.6) is 0 Å². The largest absolute Gasteiger partial charge is 0.466 e. The van der Waals surface area contributed by atoms with Crippen LogP contribution in [0.25, 0.3) is 0 Å². The highest BCUT2D eigenvalue weighted by molar-refractivity contribution is 5.76. The molecule has 2 unspecified atom stereocenters. The second-order valence-electron chi connectivity index (χ2n) is 18.9. The van der Waals surface area contributed by atoms with Crippen molar-refractivity contribution in [1.29, 1.82) is 0 Å². The van der Waals surface area contributed by atoms with Gasteiger partial charge >= 0.3 is 5.97 Å². The van der Waals surface area contributed by atoms with Gasteiger partial charge < -0.3 is 20.3 Å². The quantitative estimate of drug-likeness (QED) is 0.0321. The third-order valence-electron chi connectivity index (χ3n) is 12.8. The van der Waals surface area contributed by atoms with Crippen molar-refractivity contribution in [1.82, 2.24) is 5.32 Å². The molecular weight excluding hydrogens is 767 g/mol. The molecule has 1 amide bonds. The van der Waals surface area contributed by atoms with Crippen molar-refractivity contribution in [2.45, 2.75) is 309 Å². The van der Waals surface area contributed by atoms with Crippen LogP contribution < -0.4 is 5.32 Å². The molecule has 0 aromatic carbocycles. The molecule has 0 saturated carbocycles. The van der Waals surface area contributed by atoms with Gasteiger partial charge in [0.25, 0.3) is 0 Å². The lowest BCUT2D eigenvalue weighted by molar-refractivity contribution is -0.143. The highest BCUT2D eigenvalue weighted by atomic mass is 16.5. The molecule has 62 heavy (non-hydrogen) atoms. The van der Waals surface area contributed by atoms with Gasteiger partial charge in [0, 0.05) is 12.8 Å². The van der Waals surface area contributed by atoms with E-state index >= 15 is 0 Å². The minimum absolute atomic E-state index is 0.0110. The third kappa shape index (κ3) is 47.8. The zero-order chi connectivity index (χ0) is 45.1. The summed E-state index contributed by atoms with van der Waals surface area (Å²) in [5.74, 6) is -0.0644. The molecule has 0 rings (SSSR count). The average Bonchev–Trinajstić information content (AvgIpc) is 3.27. The highest BCUT2D eigenvalue weighted by Crippen LogP contribution is 2.17. The summed E-state index contributed by atoms with van der Waals surface area (Å²) in [5.41, 5.74) is 0. The summed E-state index contributed by atoms with van der Waals surface area (Å²) < 4.78 is 5.47. The lowest BCUT2D eigenvalue weighted by Gasteiger charge is -2.22. The first-order valence-corrected chi connectivity index (χ1v) is 27.6. The molecule has 0 aromatic rings. The van der Waals surface area contributed by atoms with E-state index in [2.05, 4.69) is 43.5 Å². The highest BCUT2D eigenvalue weighted by Gasteiger charge is 2.20. The van der Waals surface area contributed by atoms with Crippen molar-refractivity contribution in [2.75, 3.05) is 13.2 Å². The summed E-state index contributed by atoms with van der Waals surface area (Å²) in [4.78, 5) is 24.5. The van der Waals surface area contributed by atoms with Crippen LogP contribution in [0.3, 0.4) is 0 Å². The molecule has 0 heterocycles. The molecule has 0 saturated heterocycles. The van der Waals surface area contributed by atoms with Crippen LogP contribution in [0, 0.1) is 0 Å². The van der Waals surface area contributed by atoms with Crippen molar-refractivity contribution < 1.29 is 24.5 Å². The lowest BCUT2D eigenvalue weighted by Crippen LogP contribution is -2.45. The molecule has 6 nitrogen and oxygen atoms in total. The molecule has 0 spiro atoms. The fraction of sp³-hybridized carbons (Fsp3) is 0.893. The van der Waals surface area contributed by atoms with Crippen LogP contribution in [-0.4, -0.2) is 47.4 Å². The van der Waals surface area contributed by atoms with E-state index in [0.717, 1.165) is 83.5 Å². The molecule has 0 aromatic heterocycles. The second-order valence-corrected chi connectivity index (χ2v) is 18.9. The lowest BCUT2D eigenvalue weighted by atomic mass is 10.0. The van der Waals surface area contributed by atoms with E-state index in [-0.39, 0.29) is 18.5 Å². The van der Waals surface area contributed by atoms with Gasteiger partial charge in [-0.15, -0.1) is 0 Å². The Bertz CT molecular complexity index is 966. The number of amides is 1. The SMILES string of the molecule is CCCCCCCCCCCCCCCCCCCCCC(=O)OCCCCC/C=C\C/C=C\CCCCCCCCCC(=O)NC(CO)C(O)CCCCCCCCCCC. The molecule has 2 atom stereocenters. The summed E-state index contributed by atoms with van der Waals surface area (Å²) in [6.45, 7) is 4.90. The number of unbranched alkanes of at least 4 members (excludes halogenated alkanes) is 36. The number of carbonyl (C=O) groups is 2. The van der Waals surface area contributed by atoms with Crippen LogP contribution >= 0.6 is 0 Å². The van der Waals surface area contributed by atoms with E-state index in [1.54, 1.807) is 0 Å². The minimum Gasteiger partial charge on any atom is -0.466 e. The van der Waals surface area contributed by atoms with Gasteiger partial charge in [-0.3, -0.25) is 9.59 Å². The fourth-order valence-corrected chi connectivity index (χ4v) is 8.49. The number of hydrogen-bond acceptors (Lipinski definition) is 5. The van der Waals surface area contributed by atoms with E-state index in [9.17, 15) is 19.8 Å². The second kappa shape index (κ2) is 52.0. The Labute approximate surface area is 386 Å². The fourth-order valence-electron chi connectivity index (χ4n) is 8.49. The van der Waals surface area contributed by atoms with Crippen molar-refractivity contribution in [3.8, 4) is 0 Å². The van der Waals surface area contributed by atoms with Crippen LogP contribution in [0.1, 0.15) is 296 Å². The Morgan fingerprint density at radius 2 is 0.806 bits per heavy atom. The average molecular weight is 874 g/mol. The number of aliphatic hydroxyl groups is 2. The zero-order valence-electron chi connectivity index (χ0n) is 41.6. The summed E-state index contributed by atoms with van der Waals surface area (Å²) in [6.07, 6.45) is 61.7. The normalized spacial score (nSPS) is 12.8. The smallest absolute Gasteiger partial charge is 0.305 e. The molecule has 0 fully saturated rings. The van der Waals surface area contributed by atoms with Gasteiger partial charge in [-0.2, -0.15) is 0 Å². The summed E-state index contributed by atoms with van der Waals surface area (Å²) in [7, 11) is 0. The number of aliphatic hydroxyl groups excluding tert-OH is 2. The van der Waals surface area contributed by atoms with E-state index in [0.29, 0.717) is 25.9 Å². The molecule has 6 heteroatoms. The molecule has 3 N–H and O–H groups in total. The number of ether oxygens (including phenoxy) is 1. The molecule has 0 radical (unpaired) electrons. The number of nitrogens with one attached hydrogen (secondary N) is 1. The zero-order valence-corrected chi connectivity index (χ0v) is 41.6. The monoisotopic (exact) mass is 874 g/mol. The number of rotatable bonds is 51. The summed E-state index contributed by atoms with van der Waals surface area (Å²) in [5, 5.41) is 23.1. The van der Waals surface area contributed by atoms with Gasteiger partial charge in [0.15, 0.2) is 0 Å². The minimum atomic E-state index is -0.672. The van der Waals surface area contributed by atoms with Crippen molar-refractivity contribution >= 4 is 11.9 Å². The summed E-state index contributed by atoms with van der Waals surface area (Å²) >= 11 is 0. The van der Waals surface area contributed by atoms with Crippen molar-refractivity contribution in [3.05, 3.63) is 24.3 Å². The summed E-state index contributed by atoms with van der Waals surface area (Å²) in [6, 6.07) is -0.551. The maximum absolute atomic E-state index is 12.4. The standard InChI is InChI=1S/C56H107NO5/c1-3-5-7-9-11-13-14-15-16-17-18-21-24-27-30-34-38-42-46-50-56(61)62-51-47-43-39-35-31-28-25-22-19-20-23-26-29-33-37-41-45-49-55(60)57-53(52-58)54(59)48-44-40-36-32-12-10-8-6-4-2/h19,22,28,31,53-54,58-59H,3-18,20-21,23-27,29-30,32-52H2,1-2H3,(H,57,60)/b22-19-,31-28-. The molecular formula is C56H107NO5. The Hall–Kier alpha value is -1.66. The maximum Gasteiger partial charge on any atom is 0.305 e. The third-order valence-corrected chi connectivity index (χ3v) is 12.8. The predicted molar refractivity (Wildman–Crippen MR) is 269 cm³/mol. The van der Waals surface area contributed by atoms with Crippen molar-refractivity contribution in [2.24, 2.45) is 0 Å². The number of carbonyl (C=O) groups excluding carboxylic acids is 2. The Morgan fingerprint density at radius 3 is 1.23 bits per heavy atom. The van der Waals surface area contributed by atoms with E-state index in [1.165, 1.54) is 180 Å². The van der Waals surface area contributed by atoms with Crippen LogP contribution in [0.15, 0.2) is 24.3 Å². The number of allylic oxidation sites excluding steroid dienone is 4. The first kappa shape index (κ1) is 60.3. The topological polar surface area (TPSA) is 95.9 Å². The molecule has 0 aliphatic carbocycles. The Morgan fingerprint density at radius 1 is 0.452 bits per heavy atom. The first-order chi connectivity index (χ1) is 30.5. The van der Waals surface area contributed by atoms with Gasteiger partial charge in [0.1, 0.15) is 0 Å². The molecule has 0 bridgehead atoms. The van der Waals surface area contributed by atoms with Crippen LogP contribution in [0.2, 0.25) is 0 Å².